The van der Waals surface area contributed by atoms with Crippen molar-refractivity contribution in [2.75, 3.05) is 13.1 Å². The lowest BCUT2D eigenvalue weighted by molar-refractivity contribution is 0.297. The Morgan fingerprint density at radius 2 is 2.10 bits per heavy atom. The first kappa shape index (κ1) is 15.5. The van der Waals surface area contributed by atoms with Gasteiger partial charge >= 0.3 is 0 Å². The zero-order valence-electron chi connectivity index (χ0n) is 12.0. The van der Waals surface area contributed by atoms with Crippen molar-refractivity contribution in [1.29, 1.82) is 0 Å². The van der Waals surface area contributed by atoms with Gasteiger partial charge in [-0.3, -0.25) is 0 Å². The molecule has 1 aromatic rings. The molecule has 0 saturated heterocycles. The summed E-state index contributed by atoms with van der Waals surface area (Å²) in [5.41, 5.74) is 0. The van der Waals surface area contributed by atoms with Gasteiger partial charge in [0.05, 0.1) is 6.54 Å². The van der Waals surface area contributed by atoms with Crippen LogP contribution in [0.4, 0.5) is 0 Å². The maximum atomic E-state index is 12.0. The summed E-state index contributed by atoms with van der Waals surface area (Å²) in [6.07, 6.45) is 5.70. The minimum Gasteiger partial charge on any atom is -0.447 e. The third kappa shape index (κ3) is 4.33. The Morgan fingerprint density at radius 3 is 2.75 bits per heavy atom. The summed E-state index contributed by atoms with van der Waals surface area (Å²) in [5, 5.41) is 3.19. The van der Waals surface area contributed by atoms with E-state index in [0.717, 1.165) is 19.4 Å². The summed E-state index contributed by atoms with van der Waals surface area (Å²) in [4.78, 5) is 0. The van der Waals surface area contributed by atoms with Crippen molar-refractivity contribution < 1.29 is 12.8 Å². The Morgan fingerprint density at radius 1 is 1.30 bits per heavy atom. The summed E-state index contributed by atoms with van der Waals surface area (Å²) in [6, 6.07) is 3.23. The van der Waals surface area contributed by atoms with Crippen LogP contribution in [-0.4, -0.2) is 21.5 Å². The molecular weight excluding hydrogens is 276 g/mol. The molecule has 1 fully saturated rings. The van der Waals surface area contributed by atoms with Crippen molar-refractivity contribution in [3.63, 3.8) is 0 Å². The van der Waals surface area contributed by atoms with E-state index in [1.165, 1.54) is 25.3 Å². The van der Waals surface area contributed by atoms with Crippen LogP contribution >= 0.6 is 0 Å². The number of sulfonamides is 1. The molecule has 5 nitrogen and oxygen atoms in total. The van der Waals surface area contributed by atoms with E-state index in [1.807, 2.05) is 0 Å². The van der Waals surface area contributed by atoms with Gasteiger partial charge in [-0.1, -0.05) is 26.2 Å². The van der Waals surface area contributed by atoms with Gasteiger partial charge in [0.15, 0.2) is 0 Å². The second kappa shape index (κ2) is 7.24. The minimum atomic E-state index is -3.49. The lowest BCUT2D eigenvalue weighted by Crippen LogP contribution is -2.27. The monoisotopic (exact) mass is 300 g/mol. The van der Waals surface area contributed by atoms with Gasteiger partial charge in [0.2, 0.25) is 5.09 Å². The normalized spacial score (nSPS) is 16.2. The van der Waals surface area contributed by atoms with Crippen molar-refractivity contribution in [2.24, 2.45) is 5.92 Å². The molecule has 2 rings (SSSR count). The van der Waals surface area contributed by atoms with Gasteiger partial charge in [0.25, 0.3) is 10.0 Å². The molecule has 20 heavy (non-hydrogen) atoms. The van der Waals surface area contributed by atoms with Gasteiger partial charge in [0, 0.05) is 6.54 Å². The molecule has 1 aliphatic rings. The summed E-state index contributed by atoms with van der Waals surface area (Å²) in [7, 11) is -3.49. The molecule has 6 heteroatoms. The van der Waals surface area contributed by atoms with Gasteiger partial charge in [-0.15, -0.1) is 0 Å². The molecule has 0 radical (unpaired) electrons. The van der Waals surface area contributed by atoms with Gasteiger partial charge in [-0.05, 0) is 37.4 Å². The van der Waals surface area contributed by atoms with E-state index in [0.29, 0.717) is 24.8 Å². The van der Waals surface area contributed by atoms with Gasteiger partial charge in [-0.25, -0.2) is 13.1 Å². The average Bonchev–Trinajstić information content (AvgIpc) is 2.82. The highest BCUT2D eigenvalue weighted by atomic mass is 32.2. The molecule has 0 bridgehead atoms. The Bertz CT molecular complexity index is 506. The number of rotatable bonds is 9. The van der Waals surface area contributed by atoms with Crippen LogP contribution in [0.5, 0.6) is 0 Å². The van der Waals surface area contributed by atoms with Gasteiger partial charge < -0.3 is 9.73 Å². The van der Waals surface area contributed by atoms with Crippen molar-refractivity contribution in [3.05, 3.63) is 17.9 Å². The Labute approximate surface area is 121 Å². The smallest absolute Gasteiger partial charge is 0.273 e. The zero-order valence-corrected chi connectivity index (χ0v) is 12.8. The predicted octanol–water partition coefficient (Wildman–Crippen LogP) is 2.25. The summed E-state index contributed by atoms with van der Waals surface area (Å²) in [5.74, 6) is 1.35. The van der Waals surface area contributed by atoms with Crippen LogP contribution in [-0.2, 0) is 16.6 Å². The van der Waals surface area contributed by atoms with Crippen molar-refractivity contribution in [2.45, 2.75) is 50.7 Å². The fourth-order valence-electron chi connectivity index (χ4n) is 2.24. The molecule has 1 heterocycles. The van der Waals surface area contributed by atoms with Crippen LogP contribution in [0.1, 0.15) is 44.8 Å². The second-order valence-electron chi connectivity index (χ2n) is 5.38. The Hall–Kier alpha value is -0.850. The Kier molecular flexibility index (Phi) is 5.63. The average molecular weight is 300 g/mol. The lowest BCUT2D eigenvalue weighted by atomic mass is 9.83. The molecule has 114 valence electrons. The molecule has 0 spiro atoms. The largest absolute Gasteiger partial charge is 0.447 e. The molecule has 0 unspecified atom stereocenters. The van der Waals surface area contributed by atoms with Crippen LogP contribution in [0.15, 0.2) is 21.6 Å². The minimum absolute atomic E-state index is 0.0133. The summed E-state index contributed by atoms with van der Waals surface area (Å²) in [6.45, 7) is 4.03. The fourth-order valence-corrected chi connectivity index (χ4v) is 3.23. The number of furan rings is 1. The van der Waals surface area contributed by atoms with Crippen LogP contribution in [0, 0.1) is 5.92 Å². The molecule has 0 aliphatic heterocycles. The SMILES string of the molecule is CCCNCc1ccc(S(=O)(=O)NCCC2CCC2)o1. The lowest BCUT2D eigenvalue weighted by Gasteiger charge is -2.24. The first-order valence-corrected chi connectivity index (χ1v) is 8.89. The van der Waals surface area contributed by atoms with Crippen LogP contribution in [0.2, 0.25) is 0 Å². The standard InChI is InChI=1S/C14H24N2O3S/c1-2-9-15-11-13-6-7-14(19-13)20(17,18)16-10-8-12-4-3-5-12/h6-7,12,15-16H,2-5,8-11H2,1H3. The topological polar surface area (TPSA) is 71.3 Å². The molecule has 0 aromatic carbocycles. The predicted molar refractivity (Wildman–Crippen MR) is 77.9 cm³/mol. The molecule has 1 aromatic heterocycles. The second-order valence-corrected chi connectivity index (χ2v) is 7.08. The number of hydrogen-bond acceptors (Lipinski definition) is 4. The molecule has 0 atom stereocenters. The van der Waals surface area contributed by atoms with E-state index >= 15 is 0 Å². The number of nitrogens with one attached hydrogen (secondary N) is 2. The van der Waals surface area contributed by atoms with Crippen LogP contribution in [0.3, 0.4) is 0 Å². The van der Waals surface area contributed by atoms with E-state index in [9.17, 15) is 8.42 Å². The van der Waals surface area contributed by atoms with E-state index in [2.05, 4.69) is 17.0 Å². The van der Waals surface area contributed by atoms with Crippen molar-refractivity contribution in [1.82, 2.24) is 10.0 Å². The van der Waals surface area contributed by atoms with E-state index < -0.39 is 10.0 Å². The molecule has 0 amide bonds. The first-order chi connectivity index (χ1) is 9.62. The highest BCUT2D eigenvalue weighted by molar-refractivity contribution is 7.89. The van der Waals surface area contributed by atoms with Crippen LogP contribution in [0.25, 0.3) is 0 Å². The van der Waals surface area contributed by atoms with Crippen molar-refractivity contribution >= 4 is 10.0 Å². The number of hydrogen-bond donors (Lipinski definition) is 2. The molecule has 1 aliphatic carbocycles. The van der Waals surface area contributed by atoms with Crippen molar-refractivity contribution in [3.8, 4) is 0 Å². The van der Waals surface area contributed by atoms with Gasteiger partial charge in [0.1, 0.15) is 5.76 Å². The highest BCUT2D eigenvalue weighted by Gasteiger charge is 2.21. The highest BCUT2D eigenvalue weighted by Crippen LogP contribution is 2.28. The molecule has 1 saturated carbocycles. The first-order valence-electron chi connectivity index (χ1n) is 7.41. The zero-order chi connectivity index (χ0) is 14.4. The fraction of sp³-hybridized carbons (Fsp3) is 0.714. The summed E-state index contributed by atoms with van der Waals surface area (Å²) < 4.78 is 32.1. The maximum absolute atomic E-state index is 12.0. The molecule has 2 N–H and O–H groups in total. The third-order valence-electron chi connectivity index (χ3n) is 3.70. The molecular formula is C14H24N2O3S. The quantitative estimate of drug-likeness (QED) is 0.686. The van der Waals surface area contributed by atoms with Gasteiger partial charge in [-0.2, -0.15) is 0 Å². The third-order valence-corrected chi connectivity index (χ3v) is 5.03. The van der Waals surface area contributed by atoms with Crippen LogP contribution < -0.4 is 10.0 Å². The Balaban J connectivity index is 1.81. The maximum Gasteiger partial charge on any atom is 0.273 e. The van der Waals surface area contributed by atoms with E-state index in [1.54, 1.807) is 6.07 Å². The van der Waals surface area contributed by atoms with E-state index in [-0.39, 0.29) is 5.09 Å². The summed E-state index contributed by atoms with van der Waals surface area (Å²) >= 11 is 0. The van der Waals surface area contributed by atoms with E-state index in [4.69, 9.17) is 4.42 Å².